The quantitative estimate of drug-likeness (QED) is 0.881. The number of nitrogens with zero attached hydrogens (tertiary/aromatic N) is 2. The van der Waals surface area contributed by atoms with Gasteiger partial charge in [0.25, 0.3) is 0 Å². The number of carbonyl (C=O) groups excluding carboxylic acids is 2. The zero-order chi connectivity index (χ0) is 19.6. The third-order valence-electron chi connectivity index (χ3n) is 5.81. The highest BCUT2D eigenvalue weighted by atomic mass is 16.2. The van der Waals surface area contributed by atoms with E-state index in [0.717, 1.165) is 18.2 Å². The lowest BCUT2D eigenvalue weighted by Crippen LogP contribution is -2.42. The van der Waals surface area contributed by atoms with Crippen molar-refractivity contribution in [3.8, 4) is 0 Å². The molecule has 1 atom stereocenters. The first-order chi connectivity index (χ1) is 12.7. The summed E-state index contributed by atoms with van der Waals surface area (Å²) in [5, 5.41) is 2.98. The Morgan fingerprint density at radius 1 is 1.15 bits per heavy atom. The molecule has 1 N–H and O–H groups in total. The summed E-state index contributed by atoms with van der Waals surface area (Å²) >= 11 is 0. The van der Waals surface area contributed by atoms with Crippen molar-refractivity contribution in [1.82, 2.24) is 9.80 Å². The molecule has 2 heterocycles. The molecule has 2 aliphatic heterocycles. The third-order valence-corrected chi connectivity index (χ3v) is 5.81. The fourth-order valence-corrected chi connectivity index (χ4v) is 3.95. The van der Waals surface area contributed by atoms with Crippen molar-refractivity contribution in [1.29, 1.82) is 0 Å². The highest BCUT2D eigenvalue weighted by molar-refractivity contribution is 5.97. The molecule has 3 rings (SSSR count). The lowest BCUT2D eigenvalue weighted by Gasteiger charge is -2.31. The molecule has 1 unspecified atom stereocenters. The van der Waals surface area contributed by atoms with E-state index in [-0.39, 0.29) is 23.3 Å². The number of carbonyl (C=O) groups is 2. The summed E-state index contributed by atoms with van der Waals surface area (Å²) in [4.78, 5) is 29.1. The molecule has 0 radical (unpaired) electrons. The highest BCUT2D eigenvalue weighted by Gasteiger charge is 2.39. The Hall–Kier alpha value is -1.88. The van der Waals surface area contributed by atoms with Gasteiger partial charge in [-0.25, -0.2) is 0 Å². The van der Waals surface area contributed by atoms with Gasteiger partial charge in [0.05, 0.1) is 5.92 Å². The predicted octanol–water partition coefficient (Wildman–Crippen LogP) is 3.50. The maximum Gasteiger partial charge on any atom is 0.229 e. The van der Waals surface area contributed by atoms with Crippen LogP contribution in [0.15, 0.2) is 24.3 Å². The molecule has 1 aromatic rings. The van der Waals surface area contributed by atoms with Gasteiger partial charge in [-0.2, -0.15) is 0 Å². The normalized spacial score (nSPS) is 22.3. The van der Waals surface area contributed by atoms with Crippen molar-refractivity contribution in [3.63, 3.8) is 0 Å². The summed E-state index contributed by atoms with van der Waals surface area (Å²) in [6.07, 6.45) is 2.86. The van der Waals surface area contributed by atoms with Crippen LogP contribution < -0.4 is 5.32 Å². The molecule has 2 aliphatic rings. The van der Waals surface area contributed by atoms with E-state index < -0.39 is 0 Å². The summed E-state index contributed by atoms with van der Waals surface area (Å²) in [7, 11) is 0. The maximum absolute atomic E-state index is 12.6. The van der Waals surface area contributed by atoms with Gasteiger partial charge in [-0.3, -0.25) is 14.5 Å². The van der Waals surface area contributed by atoms with Crippen LogP contribution in [0.4, 0.5) is 5.69 Å². The van der Waals surface area contributed by atoms with E-state index in [4.69, 9.17) is 0 Å². The largest absolute Gasteiger partial charge is 0.337 e. The van der Waals surface area contributed by atoms with Crippen LogP contribution >= 0.6 is 0 Å². The van der Waals surface area contributed by atoms with Crippen LogP contribution in [0.5, 0.6) is 0 Å². The Bertz CT molecular complexity index is 670. The first-order valence-corrected chi connectivity index (χ1v) is 10.1. The Balaban J connectivity index is 1.52. The van der Waals surface area contributed by atoms with E-state index in [9.17, 15) is 9.59 Å². The van der Waals surface area contributed by atoms with Crippen molar-refractivity contribution < 1.29 is 9.59 Å². The van der Waals surface area contributed by atoms with Crippen molar-refractivity contribution in [3.05, 3.63) is 29.8 Å². The van der Waals surface area contributed by atoms with Crippen LogP contribution in [0.25, 0.3) is 0 Å². The minimum atomic E-state index is -0.272. The average Bonchev–Trinajstić information content (AvgIpc) is 3.01. The monoisotopic (exact) mass is 371 g/mol. The van der Waals surface area contributed by atoms with Gasteiger partial charge in [-0.15, -0.1) is 0 Å². The summed E-state index contributed by atoms with van der Waals surface area (Å²) in [6, 6.07) is 8.13. The SMILES string of the molecule is CC1CCN(Cc2ccc(NC(=O)C3CC(=O)N(C(C)(C)C)C3)cc2)CC1. The van der Waals surface area contributed by atoms with Crippen LogP contribution in [0.1, 0.15) is 52.5 Å². The lowest BCUT2D eigenvalue weighted by atomic mass is 9.99. The van der Waals surface area contributed by atoms with Gasteiger partial charge in [0.1, 0.15) is 0 Å². The summed E-state index contributed by atoms with van der Waals surface area (Å²) in [5.74, 6) is 0.573. The summed E-state index contributed by atoms with van der Waals surface area (Å²) < 4.78 is 0. The molecular weight excluding hydrogens is 338 g/mol. The van der Waals surface area contributed by atoms with E-state index in [0.29, 0.717) is 13.0 Å². The number of anilines is 1. The molecule has 1 aromatic carbocycles. The number of amides is 2. The Labute approximate surface area is 163 Å². The molecule has 0 saturated carbocycles. The average molecular weight is 372 g/mol. The van der Waals surface area contributed by atoms with Crippen molar-refractivity contribution >= 4 is 17.5 Å². The molecule has 2 fully saturated rings. The molecule has 27 heavy (non-hydrogen) atoms. The van der Waals surface area contributed by atoms with Crippen molar-refractivity contribution in [2.75, 3.05) is 25.0 Å². The molecular formula is C22H33N3O2. The lowest BCUT2D eigenvalue weighted by molar-refractivity contribution is -0.131. The van der Waals surface area contributed by atoms with Crippen molar-refractivity contribution in [2.45, 2.75) is 59.0 Å². The molecule has 0 aliphatic carbocycles. The number of piperidine rings is 1. The van der Waals surface area contributed by atoms with Gasteiger partial charge in [0, 0.05) is 30.7 Å². The van der Waals surface area contributed by atoms with E-state index in [1.807, 2.05) is 32.9 Å². The van der Waals surface area contributed by atoms with E-state index in [1.54, 1.807) is 4.90 Å². The first kappa shape index (κ1) is 19.9. The molecule has 0 bridgehead atoms. The van der Waals surface area contributed by atoms with Gasteiger partial charge in [-0.05, 0) is 70.3 Å². The molecule has 0 aromatic heterocycles. The fraction of sp³-hybridized carbons (Fsp3) is 0.636. The smallest absolute Gasteiger partial charge is 0.229 e. The van der Waals surface area contributed by atoms with E-state index >= 15 is 0 Å². The minimum absolute atomic E-state index is 0.0622. The molecule has 5 nitrogen and oxygen atoms in total. The number of hydrogen-bond donors (Lipinski definition) is 1. The number of rotatable bonds is 4. The predicted molar refractivity (Wildman–Crippen MR) is 108 cm³/mol. The minimum Gasteiger partial charge on any atom is -0.337 e. The first-order valence-electron chi connectivity index (χ1n) is 10.1. The molecule has 2 saturated heterocycles. The summed E-state index contributed by atoms with van der Waals surface area (Å²) in [5.41, 5.74) is 1.84. The number of likely N-dealkylation sites (tertiary alicyclic amines) is 2. The molecule has 0 spiro atoms. The Morgan fingerprint density at radius 3 is 2.33 bits per heavy atom. The molecule has 5 heteroatoms. The molecule has 148 valence electrons. The third kappa shape index (κ3) is 5.10. The number of nitrogens with one attached hydrogen (secondary N) is 1. The van der Waals surface area contributed by atoms with Gasteiger partial charge < -0.3 is 10.2 Å². The zero-order valence-electron chi connectivity index (χ0n) is 17.1. The summed E-state index contributed by atoms with van der Waals surface area (Å²) in [6.45, 7) is 12.2. The molecule has 2 amide bonds. The van der Waals surface area contributed by atoms with Crippen LogP contribution in [0.3, 0.4) is 0 Å². The second kappa shape index (κ2) is 8.01. The highest BCUT2D eigenvalue weighted by Crippen LogP contribution is 2.27. The Kier molecular flexibility index (Phi) is 5.89. The van der Waals surface area contributed by atoms with Gasteiger partial charge in [0.15, 0.2) is 0 Å². The fourth-order valence-electron chi connectivity index (χ4n) is 3.95. The number of benzene rings is 1. The van der Waals surface area contributed by atoms with E-state index in [1.165, 1.54) is 31.5 Å². The van der Waals surface area contributed by atoms with E-state index in [2.05, 4.69) is 29.3 Å². The zero-order valence-corrected chi connectivity index (χ0v) is 17.1. The van der Waals surface area contributed by atoms with Gasteiger partial charge >= 0.3 is 0 Å². The van der Waals surface area contributed by atoms with Crippen LogP contribution in [-0.4, -0.2) is 46.8 Å². The van der Waals surface area contributed by atoms with Crippen molar-refractivity contribution in [2.24, 2.45) is 11.8 Å². The van der Waals surface area contributed by atoms with Crippen LogP contribution in [-0.2, 0) is 16.1 Å². The second-order valence-corrected chi connectivity index (χ2v) is 9.22. The number of hydrogen-bond acceptors (Lipinski definition) is 3. The Morgan fingerprint density at radius 2 is 1.78 bits per heavy atom. The second-order valence-electron chi connectivity index (χ2n) is 9.22. The van der Waals surface area contributed by atoms with Gasteiger partial charge in [-0.1, -0.05) is 19.1 Å². The van der Waals surface area contributed by atoms with Gasteiger partial charge in [0.2, 0.25) is 11.8 Å². The topological polar surface area (TPSA) is 52.7 Å². The standard InChI is InChI=1S/C22H33N3O2/c1-16-9-11-24(12-10-16)14-17-5-7-19(8-6-17)23-21(27)18-13-20(26)25(15-18)22(2,3)4/h5-8,16,18H,9-15H2,1-4H3,(H,23,27). The maximum atomic E-state index is 12.6. The van der Waals surface area contributed by atoms with Crippen LogP contribution in [0.2, 0.25) is 0 Å². The van der Waals surface area contributed by atoms with Crippen LogP contribution in [0, 0.1) is 11.8 Å².